The Hall–Kier alpha value is -2.87. The summed E-state index contributed by atoms with van der Waals surface area (Å²) >= 11 is 0. The molecule has 0 aliphatic carbocycles. The van der Waals surface area contributed by atoms with Gasteiger partial charge in [-0.05, 0) is 67.1 Å². The van der Waals surface area contributed by atoms with E-state index in [0.717, 1.165) is 18.5 Å². The topological polar surface area (TPSA) is 29.1 Å². The van der Waals surface area contributed by atoms with E-state index in [2.05, 4.69) is 55.6 Å². The van der Waals surface area contributed by atoms with Crippen molar-refractivity contribution in [1.29, 1.82) is 0 Å². The molecule has 0 saturated heterocycles. The van der Waals surface area contributed by atoms with Gasteiger partial charge in [0, 0.05) is 11.3 Å². The van der Waals surface area contributed by atoms with Gasteiger partial charge in [-0.1, -0.05) is 54.6 Å². The molecule has 126 valence electrons. The lowest BCUT2D eigenvalue weighted by atomic mass is 9.98. The summed E-state index contributed by atoms with van der Waals surface area (Å²) in [5.41, 5.74) is 6.51. The number of benzene rings is 3. The molecule has 0 saturated carbocycles. The van der Waals surface area contributed by atoms with Crippen LogP contribution in [0.15, 0.2) is 72.8 Å². The monoisotopic (exact) mass is 329 g/mol. The SMILES string of the molecule is Cc1cc(CCc2ccccc2)c(NC(=O)c2ccccc2)cc1C. The number of aryl methyl sites for hydroxylation is 4. The Bertz CT molecular complexity index is 854. The summed E-state index contributed by atoms with van der Waals surface area (Å²) in [6, 6.07) is 24.1. The molecule has 25 heavy (non-hydrogen) atoms. The fourth-order valence-electron chi connectivity index (χ4n) is 2.91. The normalized spacial score (nSPS) is 10.5. The number of carbonyl (C=O) groups excluding carboxylic acids is 1. The van der Waals surface area contributed by atoms with Crippen molar-refractivity contribution in [2.75, 3.05) is 5.32 Å². The number of hydrogen-bond donors (Lipinski definition) is 1. The molecular weight excluding hydrogens is 306 g/mol. The second kappa shape index (κ2) is 7.80. The highest BCUT2D eigenvalue weighted by Gasteiger charge is 2.11. The van der Waals surface area contributed by atoms with Crippen LogP contribution in [0.2, 0.25) is 0 Å². The highest BCUT2D eigenvalue weighted by Crippen LogP contribution is 2.23. The molecule has 3 aromatic rings. The van der Waals surface area contributed by atoms with Crippen LogP contribution in [0.1, 0.15) is 32.6 Å². The lowest BCUT2D eigenvalue weighted by Crippen LogP contribution is -2.14. The summed E-state index contributed by atoms with van der Waals surface area (Å²) in [6.07, 6.45) is 1.85. The summed E-state index contributed by atoms with van der Waals surface area (Å²) < 4.78 is 0. The van der Waals surface area contributed by atoms with Crippen LogP contribution in [-0.2, 0) is 12.8 Å². The molecule has 3 aromatic carbocycles. The first-order chi connectivity index (χ1) is 12.1. The third-order valence-corrected chi connectivity index (χ3v) is 4.53. The molecule has 0 heterocycles. The Balaban J connectivity index is 1.82. The minimum absolute atomic E-state index is 0.0650. The molecule has 0 fully saturated rings. The molecule has 0 aromatic heterocycles. The van der Waals surface area contributed by atoms with Crippen LogP contribution in [-0.4, -0.2) is 5.91 Å². The van der Waals surface area contributed by atoms with E-state index >= 15 is 0 Å². The summed E-state index contributed by atoms with van der Waals surface area (Å²) in [5, 5.41) is 3.09. The van der Waals surface area contributed by atoms with Crippen LogP contribution in [0.3, 0.4) is 0 Å². The molecule has 0 bridgehead atoms. The molecule has 3 rings (SSSR count). The van der Waals surface area contributed by atoms with Crippen LogP contribution < -0.4 is 5.32 Å². The van der Waals surface area contributed by atoms with Crippen molar-refractivity contribution < 1.29 is 4.79 Å². The van der Waals surface area contributed by atoms with Crippen molar-refractivity contribution in [3.8, 4) is 0 Å². The first-order valence-corrected chi connectivity index (χ1v) is 8.64. The number of carbonyl (C=O) groups is 1. The molecule has 0 spiro atoms. The first-order valence-electron chi connectivity index (χ1n) is 8.64. The molecular formula is C23H23NO. The van der Waals surface area contributed by atoms with Crippen molar-refractivity contribution in [3.63, 3.8) is 0 Å². The lowest BCUT2D eigenvalue weighted by molar-refractivity contribution is 0.102. The summed E-state index contributed by atoms with van der Waals surface area (Å²) in [4.78, 5) is 12.5. The summed E-state index contributed by atoms with van der Waals surface area (Å²) in [5.74, 6) is -0.0650. The Kier molecular flexibility index (Phi) is 5.30. The van der Waals surface area contributed by atoms with Crippen LogP contribution in [0, 0.1) is 13.8 Å². The van der Waals surface area contributed by atoms with Crippen LogP contribution >= 0.6 is 0 Å². The quantitative estimate of drug-likeness (QED) is 0.672. The second-order valence-corrected chi connectivity index (χ2v) is 6.40. The van der Waals surface area contributed by atoms with Gasteiger partial charge in [0.25, 0.3) is 5.91 Å². The Morgan fingerprint density at radius 3 is 2.08 bits per heavy atom. The van der Waals surface area contributed by atoms with Gasteiger partial charge in [0.15, 0.2) is 0 Å². The van der Waals surface area contributed by atoms with E-state index in [4.69, 9.17) is 0 Å². The van der Waals surface area contributed by atoms with E-state index in [0.29, 0.717) is 5.56 Å². The number of amides is 1. The van der Waals surface area contributed by atoms with E-state index in [-0.39, 0.29) is 5.91 Å². The third kappa shape index (κ3) is 4.36. The molecule has 2 nitrogen and oxygen atoms in total. The van der Waals surface area contributed by atoms with Gasteiger partial charge >= 0.3 is 0 Å². The largest absolute Gasteiger partial charge is 0.322 e. The number of rotatable bonds is 5. The molecule has 0 radical (unpaired) electrons. The van der Waals surface area contributed by atoms with Crippen molar-refractivity contribution in [2.45, 2.75) is 26.7 Å². The smallest absolute Gasteiger partial charge is 0.255 e. The zero-order chi connectivity index (χ0) is 17.6. The zero-order valence-corrected chi connectivity index (χ0v) is 14.8. The van der Waals surface area contributed by atoms with Crippen LogP contribution in [0.25, 0.3) is 0 Å². The molecule has 2 heteroatoms. The fourth-order valence-corrected chi connectivity index (χ4v) is 2.91. The van der Waals surface area contributed by atoms with Crippen molar-refractivity contribution in [2.24, 2.45) is 0 Å². The van der Waals surface area contributed by atoms with E-state index < -0.39 is 0 Å². The predicted octanol–water partition coefficient (Wildman–Crippen LogP) is 5.34. The van der Waals surface area contributed by atoms with Crippen molar-refractivity contribution in [1.82, 2.24) is 0 Å². The molecule has 1 amide bonds. The van der Waals surface area contributed by atoms with Gasteiger partial charge in [0.05, 0.1) is 0 Å². The lowest BCUT2D eigenvalue weighted by Gasteiger charge is -2.14. The fraction of sp³-hybridized carbons (Fsp3) is 0.174. The van der Waals surface area contributed by atoms with E-state index in [1.807, 2.05) is 36.4 Å². The number of hydrogen-bond acceptors (Lipinski definition) is 1. The second-order valence-electron chi connectivity index (χ2n) is 6.40. The van der Waals surface area contributed by atoms with Crippen LogP contribution in [0.5, 0.6) is 0 Å². The maximum atomic E-state index is 12.5. The van der Waals surface area contributed by atoms with Gasteiger partial charge in [0.2, 0.25) is 0 Å². The standard InChI is InChI=1S/C23H23NO/c1-17-15-21(14-13-19-9-5-3-6-10-19)22(16-18(17)2)24-23(25)20-11-7-4-8-12-20/h3-12,15-16H,13-14H2,1-2H3,(H,24,25). The van der Waals surface area contributed by atoms with Crippen LogP contribution in [0.4, 0.5) is 5.69 Å². The predicted molar refractivity (Wildman–Crippen MR) is 104 cm³/mol. The zero-order valence-electron chi connectivity index (χ0n) is 14.8. The number of anilines is 1. The van der Waals surface area contributed by atoms with E-state index in [9.17, 15) is 4.79 Å². The van der Waals surface area contributed by atoms with E-state index in [1.54, 1.807) is 0 Å². The average molecular weight is 329 g/mol. The molecule has 0 atom stereocenters. The van der Waals surface area contributed by atoms with Gasteiger partial charge in [0.1, 0.15) is 0 Å². The molecule has 0 aliphatic heterocycles. The highest BCUT2D eigenvalue weighted by molar-refractivity contribution is 6.04. The maximum absolute atomic E-state index is 12.5. The molecule has 1 N–H and O–H groups in total. The van der Waals surface area contributed by atoms with Gasteiger partial charge in [-0.25, -0.2) is 0 Å². The van der Waals surface area contributed by atoms with Crippen molar-refractivity contribution in [3.05, 3.63) is 101 Å². The summed E-state index contributed by atoms with van der Waals surface area (Å²) in [6.45, 7) is 4.19. The van der Waals surface area contributed by atoms with Gasteiger partial charge < -0.3 is 5.32 Å². The first kappa shape index (κ1) is 17.0. The molecule has 0 unspecified atom stereocenters. The summed E-state index contributed by atoms with van der Waals surface area (Å²) in [7, 11) is 0. The Morgan fingerprint density at radius 2 is 1.40 bits per heavy atom. The van der Waals surface area contributed by atoms with Gasteiger partial charge in [-0.2, -0.15) is 0 Å². The van der Waals surface area contributed by atoms with Crippen molar-refractivity contribution >= 4 is 11.6 Å². The van der Waals surface area contributed by atoms with E-state index in [1.165, 1.54) is 22.3 Å². The minimum atomic E-state index is -0.0650. The molecule has 0 aliphatic rings. The Morgan fingerprint density at radius 1 is 0.800 bits per heavy atom. The number of nitrogens with one attached hydrogen (secondary N) is 1. The minimum Gasteiger partial charge on any atom is -0.322 e. The Labute approximate surface area is 149 Å². The van der Waals surface area contributed by atoms with Gasteiger partial charge in [-0.15, -0.1) is 0 Å². The maximum Gasteiger partial charge on any atom is 0.255 e. The third-order valence-electron chi connectivity index (χ3n) is 4.53. The average Bonchev–Trinajstić information content (AvgIpc) is 2.65. The van der Waals surface area contributed by atoms with Gasteiger partial charge in [-0.3, -0.25) is 4.79 Å². The highest BCUT2D eigenvalue weighted by atomic mass is 16.1.